The maximum absolute atomic E-state index is 14.1. The van der Waals surface area contributed by atoms with Crippen LogP contribution in [0.2, 0.25) is 0 Å². The molecule has 4 aromatic carbocycles. The molecule has 2 unspecified atom stereocenters. The number of alkyl halides is 9. The van der Waals surface area contributed by atoms with Gasteiger partial charge in [0.05, 0.1) is 17.2 Å². The summed E-state index contributed by atoms with van der Waals surface area (Å²) in [6.45, 7) is 6.76. The molecule has 0 aliphatic heterocycles. The van der Waals surface area contributed by atoms with Gasteiger partial charge in [-0.25, -0.2) is 4.39 Å². The molecule has 0 amide bonds. The predicted molar refractivity (Wildman–Crippen MR) is 223 cm³/mol. The van der Waals surface area contributed by atoms with Crippen LogP contribution in [0.5, 0.6) is 5.75 Å². The average Bonchev–Trinajstić information content (AvgIpc) is 3.75. The first-order valence-corrected chi connectivity index (χ1v) is 19.9. The van der Waals surface area contributed by atoms with E-state index in [1.807, 2.05) is 49.3 Å². The van der Waals surface area contributed by atoms with Gasteiger partial charge in [-0.15, -0.1) is 0 Å². The monoisotopic (exact) mass is 906 g/mol. The van der Waals surface area contributed by atoms with Crippen molar-refractivity contribution in [3.63, 3.8) is 0 Å². The van der Waals surface area contributed by atoms with E-state index in [0.29, 0.717) is 23.0 Å². The zero-order valence-corrected chi connectivity index (χ0v) is 35.7. The maximum Gasteiger partial charge on any atom is 0.417 e. The van der Waals surface area contributed by atoms with Crippen molar-refractivity contribution in [2.24, 2.45) is 0 Å². The van der Waals surface area contributed by atoms with E-state index < -0.39 is 83.4 Å². The summed E-state index contributed by atoms with van der Waals surface area (Å²) in [4.78, 5) is 7.56. The Labute approximate surface area is 363 Å². The quantitative estimate of drug-likeness (QED) is 0.0784. The Morgan fingerprint density at radius 1 is 0.625 bits per heavy atom. The van der Waals surface area contributed by atoms with Gasteiger partial charge in [0.1, 0.15) is 11.6 Å². The van der Waals surface area contributed by atoms with Gasteiger partial charge in [0.25, 0.3) is 0 Å². The van der Waals surface area contributed by atoms with E-state index in [0.717, 1.165) is 53.6 Å². The lowest BCUT2D eigenvalue weighted by atomic mass is 9.73. The van der Waals surface area contributed by atoms with Crippen LogP contribution in [0, 0.1) is 17.1 Å². The molecular formula is C47H48F10N4O3. The SMILES string of the molecule is CC(C)(CC(O)(Cc1cc2cc(C(F)(F)F)ccc2[nH]1)C(F)(F)F)c1cc(F)ccc1O.CN(C)Cc1cccc(C(C)(C)CC(O)(Cc2cc3cc(C#N)ccc3[nH]2)C(F)(F)F)c1. The largest absolute Gasteiger partial charge is 0.508 e. The molecule has 64 heavy (non-hydrogen) atoms. The summed E-state index contributed by atoms with van der Waals surface area (Å²) in [6.07, 6.45) is -17.6. The van der Waals surface area contributed by atoms with Gasteiger partial charge in [0, 0.05) is 58.1 Å². The van der Waals surface area contributed by atoms with Gasteiger partial charge in [0.2, 0.25) is 0 Å². The molecule has 17 heteroatoms. The summed E-state index contributed by atoms with van der Waals surface area (Å²) >= 11 is 0. The molecule has 0 aliphatic carbocycles. The van der Waals surface area contributed by atoms with Gasteiger partial charge in [-0.3, -0.25) is 0 Å². The summed E-state index contributed by atoms with van der Waals surface area (Å²) in [5.41, 5.74) is -6.63. The highest BCUT2D eigenvalue weighted by molar-refractivity contribution is 5.82. The van der Waals surface area contributed by atoms with Gasteiger partial charge < -0.3 is 30.2 Å². The Balaban J connectivity index is 0.000000241. The zero-order chi connectivity index (χ0) is 47.8. The minimum absolute atomic E-state index is 0.0429. The van der Waals surface area contributed by atoms with Crippen molar-refractivity contribution in [2.75, 3.05) is 14.1 Å². The fourth-order valence-corrected chi connectivity index (χ4v) is 8.14. The van der Waals surface area contributed by atoms with Crippen molar-refractivity contribution in [2.45, 2.75) is 100 Å². The van der Waals surface area contributed by atoms with E-state index in [2.05, 4.69) is 9.97 Å². The number of halogens is 10. The summed E-state index contributed by atoms with van der Waals surface area (Å²) in [5, 5.41) is 41.3. The number of phenolic OH excluding ortho intramolecular Hbond substituents is 1. The van der Waals surface area contributed by atoms with Gasteiger partial charge in [-0.2, -0.15) is 44.8 Å². The number of aromatic amines is 2. The van der Waals surface area contributed by atoms with Gasteiger partial charge in [-0.1, -0.05) is 52.0 Å². The third-order valence-electron chi connectivity index (χ3n) is 11.2. The van der Waals surface area contributed by atoms with Crippen LogP contribution in [-0.2, 0) is 36.4 Å². The first kappa shape index (κ1) is 49.4. The number of aromatic nitrogens is 2. The molecule has 0 saturated carbocycles. The van der Waals surface area contributed by atoms with Crippen molar-refractivity contribution in [3.8, 4) is 11.8 Å². The summed E-state index contributed by atoms with van der Waals surface area (Å²) in [5.74, 6) is -1.19. The fourth-order valence-electron chi connectivity index (χ4n) is 8.14. The Morgan fingerprint density at radius 2 is 1.16 bits per heavy atom. The lowest BCUT2D eigenvalue weighted by Crippen LogP contribution is -2.50. The lowest BCUT2D eigenvalue weighted by molar-refractivity contribution is -0.266. The Morgan fingerprint density at radius 3 is 1.67 bits per heavy atom. The van der Waals surface area contributed by atoms with E-state index in [1.165, 1.54) is 13.8 Å². The second-order valence-corrected chi connectivity index (χ2v) is 17.9. The van der Waals surface area contributed by atoms with Gasteiger partial charge >= 0.3 is 18.5 Å². The van der Waals surface area contributed by atoms with Crippen molar-refractivity contribution in [1.82, 2.24) is 14.9 Å². The molecule has 5 N–H and O–H groups in total. The number of aromatic hydroxyl groups is 1. The number of hydrogen-bond donors (Lipinski definition) is 5. The molecule has 0 radical (unpaired) electrons. The van der Waals surface area contributed by atoms with E-state index in [-0.39, 0.29) is 27.9 Å². The van der Waals surface area contributed by atoms with Crippen LogP contribution < -0.4 is 0 Å². The molecule has 344 valence electrons. The first-order valence-electron chi connectivity index (χ1n) is 19.9. The number of hydrogen-bond acceptors (Lipinski definition) is 5. The molecular weight excluding hydrogens is 859 g/mol. The van der Waals surface area contributed by atoms with Crippen LogP contribution in [0.1, 0.15) is 79.7 Å². The number of aliphatic hydroxyl groups is 2. The molecule has 6 aromatic rings. The van der Waals surface area contributed by atoms with Crippen LogP contribution in [-0.4, -0.2) is 67.8 Å². The van der Waals surface area contributed by atoms with E-state index in [4.69, 9.17) is 5.26 Å². The molecule has 0 spiro atoms. The second kappa shape index (κ2) is 17.8. The number of nitrogens with one attached hydrogen (secondary N) is 2. The van der Waals surface area contributed by atoms with Crippen LogP contribution in [0.15, 0.2) is 91.0 Å². The van der Waals surface area contributed by atoms with Crippen molar-refractivity contribution in [3.05, 3.63) is 136 Å². The van der Waals surface area contributed by atoms with Crippen LogP contribution in [0.3, 0.4) is 0 Å². The Bertz CT molecular complexity index is 2640. The molecule has 7 nitrogen and oxygen atoms in total. The Hall–Kier alpha value is -5.57. The van der Waals surface area contributed by atoms with Gasteiger partial charge in [-0.05, 0) is 116 Å². The molecule has 0 saturated heterocycles. The highest BCUT2D eigenvalue weighted by Gasteiger charge is 2.57. The second-order valence-electron chi connectivity index (χ2n) is 17.9. The maximum atomic E-state index is 14.1. The molecule has 2 heterocycles. The minimum atomic E-state index is -5.12. The highest BCUT2D eigenvalue weighted by atomic mass is 19.4. The van der Waals surface area contributed by atoms with E-state index in [9.17, 15) is 59.2 Å². The van der Waals surface area contributed by atoms with Crippen LogP contribution in [0.4, 0.5) is 43.9 Å². The number of rotatable bonds is 12. The number of H-pyrrole nitrogens is 2. The standard InChI is InChI=1S/C25H28F3N3O.C22H20F7NO2/c1-23(2,20-7-5-6-18(11-20)15-31(3)4)16-24(32,25(26,27)28)13-21-12-19-10-17(14-29)8-9-22(19)30-21;1-19(2,16-9-14(23)4-6-18(16)31)11-20(32,22(27,28)29)10-15-8-12-7-13(21(24,25)26)3-5-17(12)30-15/h5-12,30,32H,13,15-16H2,1-4H3;3-9,30-32H,10-11H2,1-2H3. The van der Waals surface area contributed by atoms with Gasteiger partial charge in [0.15, 0.2) is 11.2 Å². The lowest BCUT2D eigenvalue weighted by Gasteiger charge is -2.38. The van der Waals surface area contributed by atoms with E-state index >= 15 is 0 Å². The first-order chi connectivity index (χ1) is 29.3. The zero-order valence-electron chi connectivity index (χ0n) is 35.7. The predicted octanol–water partition coefficient (Wildman–Crippen LogP) is 11.5. The minimum Gasteiger partial charge on any atom is -0.508 e. The average molecular weight is 907 g/mol. The Kier molecular flexibility index (Phi) is 13.7. The number of nitriles is 1. The van der Waals surface area contributed by atoms with Crippen LogP contribution >= 0.6 is 0 Å². The number of phenols is 1. The molecule has 0 aliphatic rings. The van der Waals surface area contributed by atoms with Crippen molar-refractivity contribution >= 4 is 21.8 Å². The molecule has 0 fully saturated rings. The summed E-state index contributed by atoms with van der Waals surface area (Å²) < 4.78 is 137. The van der Waals surface area contributed by atoms with E-state index in [1.54, 1.807) is 38.1 Å². The number of benzene rings is 4. The molecule has 0 bridgehead atoms. The van der Waals surface area contributed by atoms with Crippen LogP contribution in [0.25, 0.3) is 21.8 Å². The molecule has 2 aromatic heterocycles. The molecule has 6 rings (SSSR count). The normalized spacial score (nSPS) is 14.8. The molecule has 2 atom stereocenters. The third kappa shape index (κ3) is 11.4. The smallest absolute Gasteiger partial charge is 0.417 e. The topological polar surface area (TPSA) is 119 Å². The summed E-state index contributed by atoms with van der Waals surface area (Å²) in [7, 11) is 3.86. The summed E-state index contributed by atoms with van der Waals surface area (Å²) in [6, 6.07) is 22.6. The van der Waals surface area contributed by atoms with Crippen molar-refractivity contribution < 1.29 is 59.2 Å². The third-order valence-corrected chi connectivity index (χ3v) is 11.2. The number of fused-ring (bicyclic) bond motifs is 2. The number of nitrogens with zero attached hydrogens (tertiary/aromatic N) is 2. The van der Waals surface area contributed by atoms with Crippen molar-refractivity contribution in [1.29, 1.82) is 5.26 Å². The fraction of sp³-hybridized carbons (Fsp3) is 0.383. The highest BCUT2D eigenvalue weighted by Crippen LogP contribution is 2.46.